The van der Waals surface area contributed by atoms with Crippen molar-refractivity contribution in [3.63, 3.8) is 0 Å². The Kier molecular flexibility index (Phi) is 4.61. The zero-order chi connectivity index (χ0) is 18.0. The van der Waals surface area contributed by atoms with Crippen LogP contribution in [0.4, 0.5) is 10.1 Å². The predicted molar refractivity (Wildman–Crippen MR) is 90.8 cm³/mol. The molecule has 0 atom stereocenters. The average molecular weight is 340 g/mol. The zero-order valence-electron chi connectivity index (χ0n) is 13.7. The number of rotatable bonds is 5. The minimum Gasteiger partial charge on any atom is -0.324 e. The lowest BCUT2D eigenvalue weighted by Crippen LogP contribution is -2.31. The van der Waals surface area contributed by atoms with Gasteiger partial charge in [0.05, 0.1) is 16.8 Å². The molecule has 0 saturated carbocycles. The van der Waals surface area contributed by atoms with Gasteiger partial charge in [0.15, 0.2) is 0 Å². The predicted octanol–water partition coefficient (Wildman–Crippen LogP) is 3.15. The maximum Gasteiger partial charge on any atom is 0.261 e. The molecule has 2 aromatic carbocycles. The number of fused-ring (bicyclic) bond motifs is 1. The molecule has 5 nitrogen and oxygen atoms in total. The van der Waals surface area contributed by atoms with Crippen LogP contribution in [0, 0.1) is 12.7 Å². The van der Waals surface area contributed by atoms with Gasteiger partial charge in [-0.1, -0.05) is 18.2 Å². The SMILES string of the molecule is Cc1ccc(NC(=O)CCCN2C(=O)c3ccccc3C2=O)c(F)c1. The molecule has 0 spiro atoms. The first-order valence-electron chi connectivity index (χ1n) is 7.98. The van der Waals surface area contributed by atoms with E-state index in [2.05, 4.69) is 5.32 Å². The lowest BCUT2D eigenvalue weighted by Gasteiger charge is -2.13. The number of anilines is 1. The van der Waals surface area contributed by atoms with E-state index in [1.54, 1.807) is 37.3 Å². The zero-order valence-corrected chi connectivity index (χ0v) is 13.7. The molecule has 1 aliphatic rings. The Morgan fingerprint density at radius 1 is 1.08 bits per heavy atom. The van der Waals surface area contributed by atoms with Crippen LogP contribution in [0.25, 0.3) is 0 Å². The maximum absolute atomic E-state index is 13.7. The van der Waals surface area contributed by atoms with Gasteiger partial charge < -0.3 is 5.32 Å². The standard InChI is InChI=1S/C19H17FN2O3/c1-12-8-9-16(15(20)11-12)21-17(23)7-4-10-22-18(24)13-5-2-3-6-14(13)19(22)25/h2-3,5-6,8-9,11H,4,7,10H2,1H3,(H,21,23). The van der Waals surface area contributed by atoms with Gasteiger partial charge in [-0.15, -0.1) is 0 Å². The van der Waals surface area contributed by atoms with Gasteiger partial charge in [-0.25, -0.2) is 4.39 Å². The summed E-state index contributed by atoms with van der Waals surface area (Å²) in [7, 11) is 0. The third kappa shape index (κ3) is 3.42. The van der Waals surface area contributed by atoms with Crippen LogP contribution in [-0.2, 0) is 4.79 Å². The summed E-state index contributed by atoms with van der Waals surface area (Å²) in [4.78, 5) is 37.5. The van der Waals surface area contributed by atoms with E-state index in [1.165, 1.54) is 12.1 Å². The van der Waals surface area contributed by atoms with E-state index in [0.717, 1.165) is 10.5 Å². The second kappa shape index (κ2) is 6.84. The van der Waals surface area contributed by atoms with Crippen LogP contribution in [0.1, 0.15) is 39.1 Å². The summed E-state index contributed by atoms with van der Waals surface area (Å²) in [5, 5.41) is 2.50. The average Bonchev–Trinajstić information content (AvgIpc) is 2.83. The molecule has 0 aromatic heterocycles. The van der Waals surface area contributed by atoms with E-state index in [0.29, 0.717) is 17.5 Å². The summed E-state index contributed by atoms with van der Waals surface area (Å²) in [6.45, 7) is 1.91. The number of hydrogen-bond acceptors (Lipinski definition) is 3. The molecule has 0 bridgehead atoms. The Morgan fingerprint density at radius 3 is 2.32 bits per heavy atom. The number of benzene rings is 2. The minimum atomic E-state index is -0.492. The van der Waals surface area contributed by atoms with Gasteiger partial charge in [0.25, 0.3) is 11.8 Å². The molecule has 25 heavy (non-hydrogen) atoms. The number of halogens is 1. The van der Waals surface area contributed by atoms with Crippen LogP contribution in [0.3, 0.4) is 0 Å². The van der Waals surface area contributed by atoms with Crippen LogP contribution in [0.2, 0.25) is 0 Å². The Bertz CT molecular complexity index is 828. The van der Waals surface area contributed by atoms with Crippen LogP contribution in [-0.4, -0.2) is 29.2 Å². The van der Waals surface area contributed by atoms with Crippen molar-refractivity contribution in [1.82, 2.24) is 4.90 Å². The van der Waals surface area contributed by atoms with E-state index < -0.39 is 5.82 Å². The number of imide groups is 1. The number of amides is 3. The number of carbonyl (C=O) groups excluding carboxylic acids is 3. The van der Waals surface area contributed by atoms with Crippen LogP contribution in [0.5, 0.6) is 0 Å². The van der Waals surface area contributed by atoms with Crippen LogP contribution < -0.4 is 5.32 Å². The van der Waals surface area contributed by atoms with Gasteiger partial charge in [0, 0.05) is 13.0 Å². The van der Waals surface area contributed by atoms with Crippen LogP contribution >= 0.6 is 0 Å². The highest BCUT2D eigenvalue weighted by Gasteiger charge is 2.34. The second-order valence-electron chi connectivity index (χ2n) is 5.94. The first-order valence-corrected chi connectivity index (χ1v) is 7.98. The fourth-order valence-electron chi connectivity index (χ4n) is 2.77. The molecule has 0 unspecified atom stereocenters. The lowest BCUT2D eigenvalue weighted by atomic mass is 10.1. The third-order valence-corrected chi connectivity index (χ3v) is 4.06. The van der Waals surface area contributed by atoms with Crippen molar-refractivity contribution in [2.24, 2.45) is 0 Å². The highest BCUT2D eigenvalue weighted by Crippen LogP contribution is 2.22. The summed E-state index contributed by atoms with van der Waals surface area (Å²) in [6.07, 6.45) is 0.394. The lowest BCUT2D eigenvalue weighted by molar-refractivity contribution is -0.116. The van der Waals surface area contributed by atoms with Gasteiger partial charge >= 0.3 is 0 Å². The first kappa shape index (κ1) is 16.8. The molecule has 3 rings (SSSR count). The molecular weight excluding hydrogens is 323 g/mol. The van der Waals surface area contributed by atoms with E-state index >= 15 is 0 Å². The number of carbonyl (C=O) groups is 3. The summed E-state index contributed by atoms with van der Waals surface area (Å²) < 4.78 is 13.7. The first-order chi connectivity index (χ1) is 12.0. The van der Waals surface area contributed by atoms with E-state index in [1.807, 2.05) is 0 Å². The fourth-order valence-corrected chi connectivity index (χ4v) is 2.77. The van der Waals surface area contributed by atoms with E-state index in [4.69, 9.17) is 0 Å². The third-order valence-electron chi connectivity index (χ3n) is 4.06. The van der Waals surface area contributed by atoms with E-state index in [-0.39, 0.29) is 36.4 Å². The molecule has 6 heteroatoms. The molecule has 1 aliphatic heterocycles. The van der Waals surface area contributed by atoms with Crippen LogP contribution in [0.15, 0.2) is 42.5 Å². The Hall–Kier alpha value is -3.02. The number of nitrogens with one attached hydrogen (secondary N) is 1. The topological polar surface area (TPSA) is 66.5 Å². The summed E-state index contributed by atoms with van der Waals surface area (Å²) in [6, 6.07) is 11.2. The van der Waals surface area contributed by atoms with E-state index in [9.17, 15) is 18.8 Å². The Labute approximate surface area is 144 Å². The van der Waals surface area contributed by atoms with Gasteiger partial charge in [-0.05, 0) is 43.2 Å². The van der Waals surface area contributed by atoms with Gasteiger partial charge in [0.2, 0.25) is 5.91 Å². The summed E-state index contributed by atoms with van der Waals surface area (Å²) in [5.74, 6) is -1.54. The molecule has 1 N–H and O–H groups in total. The second-order valence-corrected chi connectivity index (χ2v) is 5.94. The normalized spacial score (nSPS) is 13.1. The molecule has 1 heterocycles. The molecule has 0 fully saturated rings. The number of nitrogens with zero attached hydrogens (tertiary/aromatic N) is 1. The van der Waals surface area contributed by atoms with Crippen molar-refractivity contribution in [1.29, 1.82) is 0 Å². The minimum absolute atomic E-state index is 0.0840. The maximum atomic E-state index is 13.7. The van der Waals surface area contributed by atoms with Gasteiger partial charge in [-0.3, -0.25) is 19.3 Å². The quantitative estimate of drug-likeness (QED) is 0.850. The van der Waals surface area contributed by atoms with Crippen molar-refractivity contribution in [2.45, 2.75) is 19.8 Å². The molecule has 2 aromatic rings. The van der Waals surface area contributed by atoms with Gasteiger partial charge in [0.1, 0.15) is 5.82 Å². The molecule has 0 saturated heterocycles. The highest BCUT2D eigenvalue weighted by atomic mass is 19.1. The van der Waals surface area contributed by atoms with Crippen molar-refractivity contribution in [3.8, 4) is 0 Å². The van der Waals surface area contributed by atoms with Crippen molar-refractivity contribution in [3.05, 3.63) is 65.0 Å². The molecule has 3 amide bonds. The Morgan fingerprint density at radius 2 is 1.72 bits per heavy atom. The monoisotopic (exact) mass is 340 g/mol. The molecule has 0 aliphatic carbocycles. The molecular formula is C19H17FN2O3. The Balaban J connectivity index is 1.54. The summed E-state index contributed by atoms with van der Waals surface area (Å²) in [5.41, 5.74) is 1.66. The largest absolute Gasteiger partial charge is 0.324 e. The highest BCUT2D eigenvalue weighted by molar-refractivity contribution is 6.21. The summed E-state index contributed by atoms with van der Waals surface area (Å²) >= 11 is 0. The molecule has 128 valence electrons. The fraction of sp³-hybridized carbons (Fsp3) is 0.211. The van der Waals surface area contributed by atoms with Crippen molar-refractivity contribution < 1.29 is 18.8 Å². The van der Waals surface area contributed by atoms with Crippen molar-refractivity contribution in [2.75, 3.05) is 11.9 Å². The molecule has 0 radical (unpaired) electrons. The number of hydrogen-bond donors (Lipinski definition) is 1. The number of aryl methyl sites for hydroxylation is 1. The van der Waals surface area contributed by atoms with Gasteiger partial charge in [-0.2, -0.15) is 0 Å². The van der Waals surface area contributed by atoms with Crippen molar-refractivity contribution >= 4 is 23.4 Å². The smallest absolute Gasteiger partial charge is 0.261 e.